The summed E-state index contributed by atoms with van der Waals surface area (Å²) in [6.07, 6.45) is 5.77. The van der Waals surface area contributed by atoms with Gasteiger partial charge >= 0.3 is 0 Å². The van der Waals surface area contributed by atoms with Crippen LogP contribution in [0.5, 0.6) is 11.5 Å². The lowest BCUT2D eigenvalue weighted by molar-refractivity contribution is -0.410. The first kappa shape index (κ1) is 37.6. The van der Waals surface area contributed by atoms with Gasteiger partial charge in [0.15, 0.2) is 11.5 Å². The average Bonchev–Trinajstić information content (AvgIpc) is 4.00. The Morgan fingerprint density at radius 1 is 0.636 bits per heavy atom. The molecule has 0 saturated carbocycles. The monoisotopic (exact) mass is 824 g/mol. The predicted octanol–water partition coefficient (Wildman–Crippen LogP) is 8.70. The molecule has 0 aliphatic carbocycles. The summed E-state index contributed by atoms with van der Waals surface area (Å²) >= 11 is 26.8. The highest BCUT2D eigenvalue weighted by molar-refractivity contribution is 6.32. The van der Waals surface area contributed by atoms with Crippen LogP contribution in [0.1, 0.15) is 25.0 Å². The number of hydrogen-bond donors (Lipinski definition) is 0. The average molecular weight is 827 g/mol. The van der Waals surface area contributed by atoms with E-state index in [0.29, 0.717) is 78.2 Å². The molecule has 2 saturated heterocycles. The molecule has 2 aliphatic rings. The largest absolute Gasteiger partial charge is 0.342 e. The van der Waals surface area contributed by atoms with Gasteiger partial charge < -0.3 is 18.9 Å². The molecule has 0 radical (unpaired) electrons. The van der Waals surface area contributed by atoms with Crippen LogP contribution in [-0.4, -0.2) is 55.0 Å². The van der Waals surface area contributed by atoms with Gasteiger partial charge in [-0.25, -0.2) is 19.3 Å². The molecule has 2 aromatic heterocycles. The molecule has 6 aromatic rings. The number of nitrogens with zero attached hydrogens (tertiary/aromatic N) is 6. The number of aromatic nitrogens is 6. The number of halogens is 4. The minimum absolute atomic E-state index is 0.157. The molecule has 0 N–H and O–H groups in total. The zero-order valence-corrected chi connectivity index (χ0v) is 32.3. The molecule has 284 valence electrons. The zero-order chi connectivity index (χ0) is 38.2. The second-order valence-corrected chi connectivity index (χ2v) is 14.8. The summed E-state index contributed by atoms with van der Waals surface area (Å²) in [6, 6.07) is 21.1. The van der Waals surface area contributed by atoms with E-state index in [4.69, 9.17) is 80.2 Å². The van der Waals surface area contributed by atoms with E-state index in [2.05, 4.69) is 20.2 Å². The third-order valence-corrected chi connectivity index (χ3v) is 10.2. The number of hydrogen-bond acceptors (Lipinski definition) is 11. The summed E-state index contributed by atoms with van der Waals surface area (Å²) in [4.78, 5) is 19.5. The van der Waals surface area contributed by atoms with Crippen molar-refractivity contribution in [2.24, 2.45) is 0 Å². The first-order valence-electron chi connectivity index (χ1n) is 17.1. The summed E-state index contributed by atoms with van der Waals surface area (Å²) in [7, 11) is 0. The Labute approximate surface area is 335 Å². The van der Waals surface area contributed by atoms with Crippen LogP contribution in [0, 0.1) is 0 Å². The maximum Gasteiger partial charge on any atom is 0.217 e. The molecule has 4 heterocycles. The van der Waals surface area contributed by atoms with Gasteiger partial charge in [0.25, 0.3) is 0 Å². The van der Waals surface area contributed by atoms with Gasteiger partial charge in [0.2, 0.25) is 11.6 Å². The Morgan fingerprint density at radius 3 is 1.45 bits per heavy atom. The SMILES string of the molecule is CC1COC(Cn2cncn2)(c2ccc(-c3cc(Cl)ccc3OOOc3ccc(Cl)cc3-c3ccc(C4(Cn5cncn5)OCC(C)O4)c(Cl)c3)cc2Cl)O1. The van der Waals surface area contributed by atoms with Gasteiger partial charge in [-0.3, -0.25) is 9.78 Å². The fourth-order valence-corrected chi connectivity index (χ4v) is 7.63. The van der Waals surface area contributed by atoms with E-state index in [9.17, 15) is 0 Å². The summed E-state index contributed by atoms with van der Waals surface area (Å²) in [6.45, 7) is 5.14. The zero-order valence-electron chi connectivity index (χ0n) is 29.3. The van der Waals surface area contributed by atoms with Crippen LogP contribution in [0.15, 0.2) is 98.1 Å². The van der Waals surface area contributed by atoms with E-state index in [1.807, 2.05) is 38.1 Å². The van der Waals surface area contributed by atoms with Crippen molar-refractivity contribution in [1.29, 1.82) is 0 Å². The Kier molecular flexibility index (Phi) is 10.7. The highest BCUT2D eigenvalue weighted by Gasteiger charge is 2.45. The van der Waals surface area contributed by atoms with E-state index in [-0.39, 0.29) is 25.3 Å². The van der Waals surface area contributed by atoms with Crippen molar-refractivity contribution in [2.75, 3.05) is 13.2 Å². The van der Waals surface area contributed by atoms with Crippen LogP contribution in [0.4, 0.5) is 0 Å². The van der Waals surface area contributed by atoms with Gasteiger partial charge in [-0.05, 0) is 73.5 Å². The maximum absolute atomic E-state index is 6.93. The Bertz CT molecular complexity index is 2140. The maximum atomic E-state index is 6.93. The molecule has 4 atom stereocenters. The molecular weight excluding hydrogens is 794 g/mol. The van der Waals surface area contributed by atoms with Gasteiger partial charge in [-0.15, -0.1) is 0 Å². The summed E-state index contributed by atoms with van der Waals surface area (Å²) < 4.78 is 28.2. The third-order valence-electron chi connectivity index (χ3n) is 9.07. The normalized spacial score (nSPS) is 22.3. The first-order chi connectivity index (χ1) is 26.6. The fourth-order valence-electron chi connectivity index (χ4n) is 6.64. The highest BCUT2D eigenvalue weighted by Crippen LogP contribution is 2.44. The van der Waals surface area contributed by atoms with Crippen molar-refractivity contribution in [2.45, 2.75) is 50.7 Å². The first-order valence-corrected chi connectivity index (χ1v) is 18.6. The second-order valence-electron chi connectivity index (χ2n) is 13.1. The van der Waals surface area contributed by atoms with Crippen molar-refractivity contribution >= 4 is 46.4 Å². The Morgan fingerprint density at radius 2 is 1.09 bits per heavy atom. The molecule has 8 rings (SSSR count). The molecule has 0 bridgehead atoms. The van der Waals surface area contributed by atoms with Crippen LogP contribution >= 0.6 is 46.4 Å². The van der Waals surface area contributed by atoms with Crippen molar-refractivity contribution < 1.29 is 33.8 Å². The topological polar surface area (TPSA) is 126 Å². The Balaban J connectivity index is 1.02. The standard InChI is InChI=1S/C38H32Cl4N6O7/c1-23-15-49-37(51-23,17-47-21-43-19-45-47)31-7-3-25(11-33(31)41)29-13-27(39)5-9-35(29)53-55-54-36-10-6-28(40)14-30(36)26-4-8-32(34(42)12-26)38(50-16-24(2)52-38)18-48-22-44-20-46-48/h3-14,19-24H,15-18H2,1-2H3. The molecule has 2 aliphatic heterocycles. The molecule has 13 nitrogen and oxygen atoms in total. The van der Waals surface area contributed by atoms with Crippen LogP contribution in [0.2, 0.25) is 20.1 Å². The van der Waals surface area contributed by atoms with Gasteiger partial charge in [0.05, 0.1) is 25.4 Å². The van der Waals surface area contributed by atoms with Crippen molar-refractivity contribution in [3.8, 4) is 33.8 Å². The number of ether oxygens (including phenoxy) is 4. The number of benzene rings is 4. The van der Waals surface area contributed by atoms with E-state index >= 15 is 0 Å². The minimum Gasteiger partial charge on any atom is -0.342 e. The molecule has 0 spiro atoms. The van der Waals surface area contributed by atoms with Crippen molar-refractivity contribution in [1.82, 2.24) is 29.5 Å². The van der Waals surface area contributed by atoms with E-state index in [1.165, 1.54) is 12.7 Å². The van der Waals surface area contributed by atoms with E-state index < -0.39 is 11.6 Å². The molecule has 17 heteroatoms. The molecule has 0 amide bonds. The van der Waals surface area contributed by atoms with Gasteiger partial charge in [-0.2, -0.15) is 10.2 Å². The highest BCUT2D eigenvalue weighted by atomic mass is 35.5. The minimum atomic E-state index is -1.16. The Hall–Kier alpha value is -4.28. The van der Waals surface area contributed by atoms with Crippen LogP contribution in [0.25, 0.3) is 22.3 Å². The third kappa shape index (κ3) is 7.90. The number of rotatable bonds is 12. The van der Waals surface area contributed by atoms with Gasteiger partial charge in [-0.1, -0.05) is 70.7 Å². The van der Waals surface area contributed by atoms with Gasteiger partial charge in [0, 0.05) is 47.4 Å². The quantitative estimate of drug-likeness (QED) is 0.0869. The van der Waals surface area contributed by atoms with E-state index in [1.54, 1.807) is 70.5 Å². The smallest absolute Gasteiger partial charge is 0.217 e. The molecule has 2 fully saturated rings. The van der Waals surface area contributed by atoms with Crippen LogP contribution < -0.4 is 9.78 Å². The summed E-state index contributed by atoms with van der Waals surface area (Å²) in [5.41, 5.74) is 3.80. The predicted molar refractivity (Wildman–Crippen MR) is 203 cm³/mol. The lowest BCUT2D eigenvalue weighted by Gasteiger charge is -2.29. The second kappa shape index (κ2) is 15.7. The van der Waals surface area contributed by atoms with E-state index in [0.717, 1.165) is 0 Å². The lowest BCUT2D eigenvalue weighted by atomic mass is 9.99. The summed E-state index contributed by atoms with van der Waals surface area (Å²) in [5, 5.41) is 15.6. The summed E-state index contributed by atoms with van der Waals surface area (Å²) in [5.74, 6) is -1.72. The van der Waals surface area contributed by atoms with Gasteiger partial charge in [0.1, 0.15) is 38.4 Å². The molecular formula is C38H32Cl4N6O7. The van der Waals surface area contributed by atoms with Crippen LogP contribution in [0.3, 0.4) is 0 Å². The molecule has 55 heavy (non-hydrogen) atoms. The molecule has 4 aromatic carbocycles. The fraction of sp³-hybridized carbons (Fsp3) is 0.263. The van der Waals surface area contributed by atoms with Crippen LogP contribution in [-0.2, 0) is 48.6 Å². The van der Waals surface area contributed by atoms with Crippen molar-refractivity contribution in [3.63, 3.8) is 0 Å². The van der Waals surface area contributed by atoms with Crippen molar-refractivity contribution in [3.05, 3.63) is 129 Å². The lowest BCUT2D eigenvalue weighted by Crippen LogP contribution is -2.34. The molecule has 4 unspecified atom stereocenters.